The lowest BCUT2D eigenvalue weighted by atomic mass is 10.2. The number of carbonyl (C=O) groups is 1. The van der Waals surface area contributed by atoms with Crippen molar-refractivity contribution in [1.29, 1.82) is 0 Å². The van der Waals surface area contributed by atoms with Crippen molar-refractivity contribution in [3.63, 3.8) is 0 Å². The molecule has 1 aromatic heterocycles. The van der Waals surface area contributed by atoms with Crippen LogP contribution in [0.15, 0.2) is 4.79 Å². The van der Waals surface area contributed by atoms with Crippen LogP contribution >= 0.6 is 0 Å². The summed E-state index contributed by atoms with van der Waals surface area (Å²) in [4.78, 5) is 22.4. The van der Waals surface area contributed by atoms with Crippen molar-refractivity contribution in [3.05, 3.63) is 16.3 Å². The highest BCUT2D eigenvalue weighted by Crippen LogP contribution is 2.22. The van der Waals surface area contributed by atoms with Gasteiger partial charge in [0.15, 0.2) is 0 Å². The molecule has 6 heteroatoms. The highest BCUT2D eigenvalue weighted by atomic mass is 16.5. The zero-order valence-electron chi connectivity index (χ0n) is 7.11. The molecule has 0 unspecified atom stereocenters. The number of aromatic nitrogens is 3. The van der Waals surface area contributed by atoms with Gasteiger partial charge in [-0.3, -0.25) is 4.57 Å². The normalized spacial score (nSPS) is 19.9. The maximum atomic E-state index is 11.2. The van der Waals surface area contributed by atoms with Crippen LogP contribution in [0, 0.1) is 0 Å². The van der Waals surface area contributed by atoms with E-state index in [4.69, 9.17) is 0 Å². The number of aromatic amines is 1. The molecule has 0 aromatic carbocycles. The lowest BCUT2D eigenvalue weighted by molar-refractivity contribution is -0.144. The van der Waals surface area contributed by atoms with E-state index in [0.29, 0.717) is 18.7 Å². The number of aryl methyl sites for hydroxylation is 1. The van der Waals surface area contributed by atoms with Gasteiger partial charge >= 0.3 is 11.7 Å². The van der Waals surface area contributed by atoms with E-state index in [1.165, 1.54) is 11.7 Å². The lowest BCUT2D eigenvalue weighted by Gasteiger charge is -2.07. The maximum absolute atomic E-state index is 11.2. The molecule has 0 saturated heterocycles. The average molecular weight is 183 g/mol. The average Bonchev–Trinajstić information content (AvgIpc) is 2.68. The first-order chi connectivity index (χ1) is 6.24. The van der Waals surface area contributed by atoms with Crippen molar-refractivity contribution in [2.24, 2.45) is 0 Å². The highest BCUT2D eigenvalue weighted by molar-refractivity contribution is 5.74. The number of carbonyl (C=O) groups excluding carboxylic acids is 1. The summed E-state index contributed by atoms with van der Waals surface area (Å²) in [5.74, 6) is 0.239. The van der Waals surface area contributed by atoms with E-state index >= 15 is 0 Å². The van der Waals surface area contributed by atoms with E-state index in [1.54, 1.807) is 0 Å². The Morgan fingerprint density at radius 1 is 1.77 bits per heavy atom. The number of esters is 1. The van der Waals surface area contributed by atoms with Crippen molar-refractivity contribution in [2.75, 3.05) is 7.11 Å². The summed E-state index contributed by atoms with van der Waals surface area (Å²) in [6.07, 6.45) is 1.23. The molecule has 1 aromatic rings. The number of nitrogens with one attached hydrogen (secondary N) is 1. The van der Waals surface area contributed by atoms with Gasteiger partial charge in [0.2, 0.25) is 0 Å². The SMILES string of the molecule is COC(=O)[C@@H]1CCc2n[nH]c(=O)n21. The van der Waals surface area contributed by atoms with Crippen LogP contribution in [0.25, 0.3) is 0 Å². The maximum Gasteiger partial charge on any atom is 0.344 e. The van der Waals surface area contributed by atoms with Crippen molar-refractivity contribution in [1.82, 2.24) is 14.8 Å². The lowest BCUT2D eigenvalue weighted by Crippen LogP contribution is -2.26. The molecule has 0 bridgehead atoms. The Morgan fingerprint density at radius 2 is 2.54 bits per heavy atom. The van der Waals surface area contributed by atoms with Crippen LogP contribution in [-0.2, 0) is 16.0 Å². The van der Waals surface area contributed by atoms with E-state index in [9.17, 15) is 9.59 Å². The monoisotopic (exact) mass is 183 g/mol. The fraction of sp³-hybridized carbons (Fsp3) is 0.571. The summed E-state index contributed by atoms with van der Waals surface area (Å²) < 4.78 is 5.93. The van der Waals surface area contributed by atoms with Crippen LogP contribution in [0.1, 0.15) is 18.3 Å². The molecule has 1 N–H and O–H groups in total. The number of H-pyrrole nitrogens is 1. The van der Waals surface area contributed by atoms with Crippen molar-refractivity contribution in [2.45, 2.75) is 18.9 Å². The third kappa shape index (κ3) is 1.06. The molecule has 6 nitrogen and oxygen atoms in total. The molecule has 1 atom stereocenters. The predicted molar refractivity (Wildman–Crippen MR) is 42.2 cm³/mol. The number of nitrogens with zero attached hydrogens (tertiary/aromatic N) is 2. The molecular formula is C7H9N3O3. The largest absolute Gasteiger partial charge is 0.467 e. The Labute approximate surface area is 73.5 Å². The van der Waals surface area contributed by atoms with Gasteiger partial charge < -0.3 is 4.74 Å². The van der Waals surface area contributed by atoms with Gasteiger partial charge in [0.25, 0.3) is 0 Å². The van der Waals surface area contributed by atoms with Gasteiger partial charge in [-0.05, 0) is 6.42 Å². The van der Waals surface area contributed by atoms with Crippen LogP contribution in [0.4, 0.5) is 0 Å². The molecule has 1 aliphatic rings. The van der Waals surface area contributed by atoms with E-state index in [2.05, 4.69) is 14.9 Å². The fourth-order valence-electron chi connectivity index (χ4n) is 1.59. The summed E-state index contributed by atoms with van der Waals surface area (Å²) >= 11 is 0. The molecule has 0 fully saturated rings. The van der Waals surface area contributed by atoms with Crippen LogP contribution in [0.3, 0.4) is 0 Å². The van der Waals surface area contributed by atoms with Gasteiger partial charge in [-0.2, -0.15) is 5.10 Å². The summed E-state index contributed by atoms with van der Waals surface area (Å²) in [5, 5.41) is 6.08. The summed E-state index contributed by atoms with van der Waals surface area (Å²) in [7, 11) is 1.31. The Balaban J connectivity index is 2.42. The number of fused-ring (bicyclic) bond motifs is 1. The first-order valence-electron chi connectivity index (χ1n) is 3.97. The fourth-order valence-corrected chi connectivity index (χ4v) is 1.59. The van der Waals surface area contributed by atoms with E-state index in [0.717, 1.165) is 0 Å². The number of hydrogen-bond donors (Lipinski definition) is 1. The minimum absolute atomic E-state index is 0.345. The first kappa shape index (κ1) is 8.03. The summed E-state index contributed by atoms with van der Waals surface area (Å²) in [6, 6.07) is -0.494. The molecule has 0 aliphatic carbocycles. The molecule has 2 heterocycles. The van der Waals surface area contributed by atoms with Crippen LogP contribution < -0.4 is 5.69 Å². The molecule has 0 radical (unpaired) electrons. The molecule has 13 heavy (non-hydrogen) atoms. The predicted octanol–water partition coefficient (Wildman–Crippen LogP) is -0.768. The van der Waals surface area contributed by atoms with Crippen LogP contribution in [-0.4, -0.2) is 27.8 Å². The first-order valence-corrected chi connectivity index (χ1v) is 3.97. The molecule has 0 amide bonds. The molecule has 0 spiro atoms. The zero-order chi connectivity index (χ0) is 9.42. The van der Waals surface area contributed by atoms with Gasteiger partial charge in [0.1, 0.15) is 11.9 Å². The highest BCUT2D eigenvalue weighted by Gasteiger charge is 2.31. The minimum atomic E-state index is -0.494. The van der Waals surface area contributed by atoms with Crippen molar-refractivity contribution < 1.29 is 9.53 Å². The topological polar surface area (TPSA) is 77.0 Å². The Morgan fingerprint density at radius 3 is 3.23 bits per heavy atom. The van der Waals surface area contributed by atoms with Gasteiger partial charge in [-0.15, -0.1) is 0 Å². The number of hydrogen-bond acceptors (Lipinski definition) is 4. The van der Waals surface area contributed by atoms with Crippen molar-refractivity contribution >= 4 is 5.97 Å². The minimum Gasteiger partial charge on any atom is -0.467 e. The Bertz CT molecular complexity index is 392. The molecule has 70 valence electrons. The van der Waals surface area contributed by atoms with E-state index < -0.39 is 6.04 Å². The number of ether oxygens (including phenoxy) is 1. The smallest absolute Gasteiger partial charge is 0.344 e. The number of rotatable bonds is 1. The second-order valence-corrected chi connectivity index (χ2v) is 2.89. The van der Waals surface area contributed by atoms with E-state index in [-0.39, 0.29) is 11.7 Å². The quantitative estimate of drug-likeness (QED) is 0.580. The summed E-state index contributed by atoms with van der Waals surface area (Å²) in [5.41, 5.74) is -0.345. The third-order valence-corrected chi connectivity index (χ3v) is 2.20. The number of methoxy groups -OCH3 is 1. The Hall–Kier alpha value is -1.59. The second-order valence-electron chi connectivity index (χ2n) is 2.89. The van der Waals surface area contributed by atoms with Gasteiger partial charge in [0.05, 0.1) is 7.11 Å². The second kappa shape index (κ2) is 2.72. The molecular weight excluding hydrogens is 174 g/mol. The Kier molecular flexibility index (Phi) is 1.68. The van der Waals surface area contributed by atoms with Gasteiger partial charge in [-0.25, -0.2) is 14.7 Å². The van der Waals surface area contributed by atoms with Gasteiger partial charge in [-0.1, -0.05) is 0 Å². The third-order valence-electron chi connectivity index (χ3n) is 2.20. The molecule has 0 saturated carbocycles. The van der Waals surface area contributed by atoms with E-state index in [1.807, 2.05) is 0 Å². The molecule has 2 rings (SSSR count). The standard InChI is InChI=1S/C7H9N3O3/c1-13-6(11)4-2-3-5-8-9-7(12)10(4)5/h4H,2-3H2,1H3,(H,9,12)/t4-/m0/s1. The van der Waals surface area contributed by atoms with Crippen LogP contribution in [0.5, 0.6) is 0 Å². The molecule has 1 aliphatic heterocycles. The van der Waals surface area contributed by atoms with Gasteiger partial charge in [0, 0.05) is 6.42 Å². The zero-order valence-corrected chi connectivity index (χ0v) is 7.11. The summed E-state index contributed by atoms with van der Waals surface area (Å²) in [6.45, 7) is 0. The van der Waals surface area contributed by atoms with Crippen LogP contribution in [0.2, 0.25) is 0 Å². The van der Waals surface area contributed by atoms with Crippen molar-refractivity contribution in [3.8, 4) is 0 Å².